The maximum atomic E-state index is 13.8. The molecular weight excluding hydrogens is 442 g/mol. The highest BCUT2D eigenvalue weighted by atomic mass is 16.3. The first-order valence-electron chi connectivity index (χ1n) is 11.7. The second kappa shape index (κ2) is 8.71. The van der Waals surface area contributed by atoms with E-state index in [4.69, 9.17) is 0 Å². The van der Waals surface area contributed by atoms with E-state index in [0.717, 1.165) is 0 Å². The first-order chi connectivity index (χ1) is 16.8. The van der Waals surface area contributed by atoms with Crippen molar-refractivity contribution in [1.29, 1.82) is 0 Å². The number of carbonyl (C=O) groups excluding carboxylic acids is 4. The number of hydrogen-bond donors (Lipinski definition) is 2. The van der Waals surface area contributed by atoms with Crippen molar-refractivity contribution in [3.63, 3.8) is 0 Å². The third kappa shape index (κ3) is 3.90. The van der Waals surface area contributed by atoms with E-state index in [1.807, 2.05) is 0 Å². The molecule has 3 aromatic rings. The van der Waals surface area contributed by atoms with Crippen LogP contribution in [-0.4, -0.2) is 34.0 Å². The van der Waals surface area contributed by atoms with E-state index in [1.54, 1.807) is 84.9 Å². The molecule has 5 rings (SSSR count). The van der Waals surface area contributed by atoms with Crippen LogP contribution in [0.1, 0.15) is 56.8 Å². The number of aliphatic hydroxyl groups is 1. The van der Waals surface area contributed by atoms with Gasteiger partial charge in [-0.2, -0.15) is 0 Å². The van der Waals surface area contributed by atoms with Crippen LogP contribution in [0, 0.1) is 11.3 Å². The number of rotatable bonds is 4. The zero-order valence-electron chi connectivity index (χ0n) is 19.1. The summed E-state index contributed by atoms with van der Waals surface area (Å²) < 4.78 is 0. The summed E-state index contributed by atoms with van der Waals surface area (Å²) >= 11 is 0. The fraction of sp³-hybridized carbons (Fsp3) is 0.241. The highest BCUT2D eigenvalue weighted by Crippen LogP contribution is 2.51. The summed E-state index contributed by atoms with van der Waals surface area (Å²) in [5.41, 5.74) is -1.74. The number of fused-ring (bicyclic) bond motifs is 1. The Balaban J connectivity index is 1.61. The number of Topliss-reactive ketones (excluding diaryl/α,β-unsaturated/α-hetero) is 3. The second-order valence-corrected chi connectivity index (χ2v) is 9.49. The molecule has 0 radical (unpaired) electrons. The molecule has 0 aromatic heterocycles. The molecule has 1 heterocycles. The van der Waals surface area contributed by atoms with E-state index in [-0.39, 0.29) is 37.4 Å². The van der Waals surface area contributed by atoms with Gasteiger partial charge in [0, 0.05) is 28.5 Å². The van der Waals surface area contributed by atoms with Gasteiger partial charge in [0.1, 0.15) is 5.60 Å². The normalized spacial score (nSPS) is 25.9. The lowest BCUT2D eigenvalue weighted by molar-refractivity contribution is -0.119. The molecule has 176 valence electrons. The van der Waals surface area contributed by atoms with Gasteiger partial charge in [-0.1, -0.05) is 72.8 Å². The van der Waals surface area contributed by atoms with Gasteiger partial charge >= 0.3 is 0 Å². The lowest BCUT2D eigenvalue weighted by Crippen LogP contribution is -2.56. The Kier molecular flexibility index (Phi) is 5.69. The Morgan fingerprint density at radius 1 is 0.800 bits per heavy atom. The first kappa shape index (κ1) is 22.9. The summed E-state index contributed by atoms with van der Waals surface area (Å²) in [5.74, 6) is -2.72. The van der Waals surface area contributed by atoms with Crippen molar-refractivity contribution in [2.45, 2.75) is 31.3 Å². The van der Waals surface area contributed by atoms with E-state index in [2.05, 4.69) is 5.32 Å². The number of ketones is 3. The molecular formula is C29H25NO5. The van der Waals surface area contributed by atoms with Crippen molar-refractivity contribution in [2.75, 3.05) is 5.32 Å². The average Bonchev–Trinajstić information content (AvgIpc) is 2.99. The van der Waals surface area contributed by atoms with Gasteiger partial charge in [-0.15, -0.1) is 0 Å². The molecule has 1 aliphatic carbocycles. The van der Waals surface area contributed by atoms with Gasteiger partial charge in [0.2, 0.25) is 5.91 Å². The molecule has 1 amide bonds. The van der Waals surface area contributed by atoms with Crippen LogP contribution < -0.4 is 5.32 Å². The Morgan fingerprint density at radius 2 is 1.40 bits per heavy atom. The van der Waals surface area contributed by atoms with Gasteiger partial charge in [-0.25, -0.2) is 0 Å². The van der Waals surface area contributed by atoms with Crippen molar-refractivity contribution >= 4 is 28.9 Å². The molecule has 0 unspecified atom stereocenters. The number of hydrogen-bond acceptors (Lipinski definition) is 5. The lowest BCUT2D eigenvalue weighted by atomic mass is 9.57. The van der Waals surface area contributed by atoms with Gasteiger partial charge in [0.15, 0.2) is 17.3 Å². The molecule has 6 nitrogen and oxygen atoms in total. The van der Waals surface area contributed by atoms with Crippen LogP contribution in [0.4, 0.5) is 5.69 Å². The largest absolute Gasteiger partial charge is 0.381 e. The summed E-state index contributed by atoms with van der Waals surface area (Å²) in [6.45, 7) is 0. The van der Waals surface area contributed by atoms with Gasteiger partial charge < -0.3 is 10.4 Å². The summed E-state index contributed by atoms with van der Waals surface area (Å²) in [5, 5.41) is 14.6. The molecule has 2 N–H and O–H groups in total. The summed E-state index contributed by atoms with van der Waals surface area (Å²) in [4.78, 5) is 54.1. The van der Waals surface area contributed by atoms with Crippen LogP contribution in [0.25, 0.3) is 0 Å². The Morgan fingerprint density at radius 3 is 2.09 bits per heavy atom. The Bertz CT molecular complexity index is 1320. The summed E-state index contributed by atoms with van der Waals surface area (Å²) in [6, 6.07) is 23.7. The minimum atomic E-state index is -2.00. The Labute approximate surface area is 203 Å². The van der Waals surface area contributed by atoms with Crippen LogP contribution in [0.5, 0.6) is 0 Å². The second-order valence-electron chi connectivity index (χ2n) is 9.49. The fourth-order valence-electron chi connectivity index (χ4n) is 5.51. The molecule has 1 aliphatic heterocycles. The van der Waals surface area contributed by atoms with E-state index in [1.165, 1.54) is 0 Å². The zero-order chi connectivity index (χ0) is 24.6. The van der Waals surface area contributed by atoms with Crippen molar-refractivity contribution in [2.24, 2.45) is 11.3 Å². The molecule has 3 aromatic carbocycles. The van der Waals surface area contributed by atoms with Crippen molar-refractivity contribution in [3.8, 4) is 0 Å². The minimum absolute atomic E-state index is 0.101. The molecule has 6 heteroatoms. The number of benzene rings is 3. The third-order valence-corrected chi connectivity index (χ3v) is 7.39. The molecule has 1 saturated carbocycles. The zero-order valence-corrected chi connectivity index (χ0v) is 19.1. The smallest absolute Gasteiger partial charge is 0.225 e. The van der Waals surface area contributed by atoms with Gasteiger partial charge in [-0.05, 0) is 31.4 Å². The lowest BCUT2D eigenvalue weighted by Gasteiger charge is -2.46. The van der Waals surface area contributed by atoms with Crippen LogP contribution in [0.3, 0.4) is 0 Å². The molecule has 3 atom stereocenters. The molecule has 1 fully saturated rings. The van der Waals surface area contributed by atoms with Gasteiger partial charge in [0.25, 0.3) is 0 Å². The number of nitrogens with one attached hydrogen (secondary N) is 1. The van der Waals surface area contributed by atoms with Crippen molar-refractivity contribution < 1.29 is 24.3 Å². The molecule has 0 saturated heterocycles. The SMILES string of the molecule is O=C1C[C@@]2(CC[C@](O)(C(=O)c3ccccc3)[C@@H](C(=O)c3ccccc3)C2)C(=O)c2ccccc2N1. The van der Waals surface area contributed by atoms with E-state index >= 15 is 0 Å². The Hall–Kier alpha value is -3.90. The number of anilines is 1. The number of carbonyl (C=O) groups is 4. The topological polar surface area (TPSA) is 101 Å². The molecule has 2 aliphatic rings. The standard InChI is InChI=1S/C29H25NO5/c31-24-18-28(27(34)21-13-7-8-14-23(21)30-24)15-16-29(35,26(33)20-11-5-2-6-12-20)22(17-28)25(32)19-9-3-1-4-10-19/h1-14,22,35H,15-18H2,(H,30,31)/t22-,28+,29-/m1/s1. The maximum absolute atomic E-state index is 13.8. The summed E-state index contributed by atoms with van der Waals surface area (Å²) in [6.07, 6.45) is -0.211. The summed E-state index contributed by atoms with van der Waals surface area (Å²) in [7, 11) is 0. The van der Waals surface area contributed by atoms with E-state index in [0.29, 0.717) is 22.4 Å². The monoisotopic (exact) mass is 467 g/mol. The van der Waals surface area contributed by atoms with Crippen molar-refractivity contribution in [3.05, 3.63) is 102 Å². The predicted octanol–water partition coefficient (Wildman–Crippen LogP) is 4.49. The third-order valence-electron chi connectivity index (χ3n) is 7.39. The van der Waals surface area contributed by atoms with E-state index in [9.17, 15) is 24.3 Å². The van der Waals surface area contributed by atoms with Crippen LogP contribution >= 0.6 is 0 Å². The van der Waals surface area contributed by atoms with Crippen LogP contribution in [0.2, 0.25) is 0 Å². The molecule has 0 bridgehead atoms. The van der Waals surface area contributed by atoms with Gasteiger partial charge in [-0.3, -0.25) is 19.2 Å². The first-order valence-corrected chi connectivity index (χ1v) is 11.7. The van der Waals surface area contributed by atoms with Gasteiger partial charge in [0.05, 0.1) is 11.6 Å². The predicted molar refractivity (Wildman–Crippen MR) is 130 cm³/mol. The number of para-hydroxylation sites is 1. The number of amides is 1. The molecule has 1 spiro atoms. The van der Waals surface area contributed by atoms with Crippen LogP contribution in [0.15, 0.2) is 84.9 Å². The minimum Gasteiger partial charge on any atom is -0.381 e. The van der Waals surface area contributed by atoms with Crippen molar-refractivity contribution in [1.82, 2.24) is 0 Å². The van der Waals surface area contributed by atoms with Crippen LogP contribution in [-0.2, 0) is 4.79 Å². The van der Waals surface area contributed by atoms with E-state index < -0.39 is 28.5 Å². The highest BCUT2D eigenvalue weighted by molar-refractivity contribution is 6.14. The highest BCUT2D eigenvalue weighted by Gasteiger charge is 2.58. The maximum Gasteiger partial charge on any atom is 0.225 e. The molecule has 35 heavy (non-hydrogen) atoms. The quantitative estimate of drug-likeness (QED) is 0.551. The fourth-order valence-corrected chi connectivity index (χ4v) is 5.51. The average molecular weight is 468 g/mol.